The first kappa shape index (κ1) is 18.3. The minimum atomic E-state index is -0.586. The van der Waals surface area contributed by atoms with E-state index in [1.165, 1.54) is 12.1 Å². The first-order valence-electron chi connectivity index (χ1n) is 7.34. The number of benzene rings is 2. The van der Waals surface area contributed by atoms with Gasteiger partial charge in [-0.1, -0.05) is 58.9 Å². The van der Waals surface area contributed by atoms with E-state index in [0.29, 0.717) is 5.75 Å². The SMILES string of the molecule is CC.O=C(Oc1ccc(-c2cc(=S)ss2)cc1)c1ccccc1O. The molecule has 0 atom stereocenters. The predicted molar refractivity (Wildman–Crippen MR) is 103 cm³/mol. The number of aromatic hydroxyl groups is 1. The fourth-order valence-corrected chi connectivity index (χ4v) is 4.27. The Morgan fingerprint density at radius 3 is 2.29 bits per heavy atom. The summed E-state index contributed by atoms with van der Waals surface area (Å²) in [6.45, 7) is 4.00. The third kappa shape index (κ3) is 4.50. The Labute approximate surface area is 153 Å². The van der Waals surface area contributed by atoms with Crippen molar-refractivity contribution in [2.45, 2.75) is 13.8 Å². The van der Waals surface area contributed by atoms with Crippen LogP contribution < -0.4 is 4.74 Å². The van der Waals surface area contributed by atoms with E-state index in [0.717, 1.165) is 14.3 Å². The molecule has 0 spiro atoms. The van der Waals surface area contributed by atoms with E-state index in [1.54, 1.807) is 44.9 Å². The summed E-state index contributed by atoms with van der Waals surface area (Å²) in [4.78, 5) is 13.1. The molecule has 0 fully saturated rings. The fourth-order valence-electron chi connectivity index (χ4n) is 1.87. The summed E-state index contributed by atoms with van der Waals surface area (Å²) in [5.74, 6) is -0.255. The number of para-hydroxylation sites is 1. The maximum atomic E-state index is 12.0. The summed E-state index contributed by atoms with van der Waals surface area (Å²) >= 11 is 5.12. The molecule has 0 saturated carbocycles. The van der Waals surface area contributed by atoms with Crippen molar-refractivity contribution in [2.24, 2.45) is 0 Å². The summed E-state index contributed by atoms with van der Waals surface area (Å²) in [6.07, 6.45) is 0. The van der Waals surface area contributed by atoms with Gasteiger partial charge in [0, 0.05) is 4.88 Å². The van der Waals surface area contributed by atoms with Gasteiger partial charge in [-0.2, -0.15) is 0 Å². The first-order valence-corrected chi connectivity index (χ1v) is 9.90. The first-order chi connectivity index (χ1) is 11.6. The van der Waals surface area contributed by atoms with E-state index in [-0.39, 0.29) is 11.3 Å². The molecule has 24 heavy (non-hydrogen) atoms. The van der Waals surface area contributed by atoms with Crippen molar-refractivity contribution in [1.82, 2.24) is 0 Å². The lowest BCUT2D eigenvalue weighted by molar-refractivity contribution is 0.0731. The summed E-state index contributed by atoms with van der Waals surface area (Å²) in [7, 11) is 3.17. The molecule has 0 aliphatic carbocycles. The molecule has 0 aliphatic rings. The van der Waals surface area contributed by atoms with Gasteiger partial charge in [0.2, 0.25) is 0 Å². The topological polar surface area (TPSA) is 46.5 Å². The van der Waals surface area contributed by atoms with Crippen LogP contribution in [0, 0.1) is 3.82 Å². The second-order valence-electron chi connectivity index (χ2n) is 4.43. The lowest BCUT2D eigenvalue weighted by Gasteiger charge is -2.06. The number of carbonyl (C=O) groups is 1. The van der Waals surface area contributed by atoms with Crippen molar-refractivity contribution >= 4 is 38.9 Å². The van der Waals surface area contributed by atoms with Crippen LogP contribution in [0.2, 0.25) is 0 Å². The summed E-state index contributed by atoms with van der Waals surface area (Å²) in [5.41, 5.74) is 1.17. The molecular formula is C18H16O3S3. The van der Waals surface area contributed by atoms with Crippen molar-refractivity contribution in [3.63, 3.8) is 0 Å². The molecule has 0 unspecified atom stereocenters. The van der Waals surface area contributed by atoms with Crippen LogP contribution >= 0.6 is 32.9 Å². The normalized spacial score (nSPS) is 9.75. The van der Waals surface area contributed by atoms with Gasteiger partial charge in [-0.05, 0) is 48.0 Å². The van der Waals surface area contributed by atoms with Gasteiger partial charge in [-0.25, -0.2) is 4.79 Å². The predicted octanol–water partition coefficient (Wildman–Crippen LogP) is 6.16. The molecule has 124 valence electrons. The van der Waals surface area contributed by atoms with Gasteiger partial charge in [0.25, 0.3) is 0 Å². The third-order valence-electron chi connectivity index (χ3n) is 2.94. The van der Waals surface area contributed by atoms with Crippen LogP contribution in [-0.2, 0) is 0 Å². The number of hydrogen-bond acceptors (Lipinski definition) is 6. The standard InChI is InChI=1S/C16H10O3S3.C2H6/c17-13-4-2-1-3-12(13)16(18)19-11-7-5-10(6-8-11)14-9-15(20)22-21-14;1-2/h1-9,17H;1-2H3. The van der Waals surface area contributed by atoms with Crippen molar-refractivity contribution in [3.05, 3.63) is 64.0 Å². The third-order valence-corrected chi connectivity index (χ3v) is 5.85. The quantitative estimate of drug-likeness (QED) is 0.257. The zero-order valence-electron chi connectivity index (χ0n) is 13.2. The van der Waals surface area contributed by atoms with E-state index in [2.05, 4.69) is 0 Å². The number of rotatable bonds is 3. The van der Waals surface area contributed by atoms with Crippen molar-refractivity contribution in [2.75, 3.05) is 0 Å². The van der Waals surface area contributed by atoms with Crippen LogP contribution in [0.4, 0.5) is 0 Å². The molecule has 6 heteroatoms. The Balaban J connectivity index is 0.00000100. The van der Waals surface area contributed by atoms with E-state index in [1.807, 2.05) is 32.0 Å². The molecule has 1 aromatic heterocycles. The number of ether oxygens (including phenoxy) is 1. The monoisotopic (exact) mass is 376 g/mol. The van der Waals surface area contributed by atoms with Crippen LogP contribution in [0.3, 0.4) is 0 Å². The Morgan fingerprint density at radius 2 is 1.71 bits per heavy atom. The molecule has 0 bridgehead atoms. The lowest BCUT2D eigenvalue weighted by Crippen LogP contribution is -2.08. The van der Waals surface area contributed by atoms with Gasteiger partial charge in [-0.15, -0.1) is 0 Å². The highest BCUT2D eigenvalue weighted by Gasteiger charge is 2.12. The molecule has 0 aliphatic heterocycles. The molecule has 1 heterocycles. The highest BCUT2D eigenvalue weighted by atomic mass is 32.9. The molecular weight excluding hydrogens is 360 g/mol. The van der Waals surface area contributed by atoms with Gasteiger partial charge < -0.3 is 9.84 Å². The highest BCUT2D eigenvalue weighted by molar-refractivity contribution is 7.80. The number of carbonyl (C=O) groups excluding carboxylic acids is 1. The van der Waals surface area contributed by atoms with Gasteiger partial charge in [0.1, 0.15) is 20.9 Å². The minimum absolute atomic E-state index is 0.0952. The van der Waals surface area contributed by atoms with Crippen molar-refractivity contribution in [3.8, 4) is 21.9 Å². The minimum Gasteiger partial charge on any atom is -0.507 e. The summed E-state index contributed by atoms with van der Waals surface area (Å²) < 4.78 is 6.12. The Bertz CT molecular complexity index is 863. The van der Waals surface area contributed by atoms with Gasteiger partial charge >= 0.3 is 5.97 Å². The van der Waals surface area contributed by atoms with Crippen LogP contribution in [0.15, 0.2) is 54.6 Å². The number of phenolic OH excluding ortho intramolecular Hbond substituents is 1. The van der Waals surface area contributed by atoms with E-state index >= 15 is 0 Å². The number of esters is 1. The smallest absolute Gasteiger partial charge is 0.347 e. The van der Waals surface area contributed by atoms with Gasteiger partial charge in [0.15, 0.2) is 0 Å². The molecule has 2 aromatic carbocycles. The van der Waals surface area contributed by atoms with E-state index in [9.17, 15) is 9.90 Å². The van der Waals surface area contributed by atoms with Crippen LogP contribution in [0.5, 0.6) is 11.5 Å². The van der Waals surface area contributed by atoms with Crippen LogP contribution in [0.25, 0.3) is 10.4 Å². The largest absolute Gasteiger partial charge is 0.507 e. The summed E-state index contributed by atoms with van der Waals surface area (Å²) in [5, 5.41) is 9.65. The highest BCUT2D eigenvalue weighted by Crippen LogP contribution is 2.30. The average molecular weight is 377 g/mol. The van der Waals surface area contributed by atoms with E-state index in [4.69, 9.17) is 17.0 Å². The zero-order valence-corrected chi connectivity index (χ0v) is 15.6. The second-order valence-corrected chi connectivity index (χ2v) is 7.34. The average Bonchev–Trinajstić information content (AvgIpc) is 3.04. The van der Waals surface area contributed by atoms with E-state index < -0.39 is 5.97 Å². The molecule has 3 aromatic rings. The molecule has 3 rings (SSSR count). The van der Waals surface area contributed by atoms with Gasteiger partial charge in [-0.3, -0.25) is 0 Å². The maximum Gasteiger partial charge on any atom is 0.347 e. The number of hydrogen-bond donors (Lipinski definition) is 1. The van der Waals surface area contributed by atoms with Crippen LogP contribution in [-0.4, -0.2) is 11.1 Å². The molecule has 1 N–H and O–H groups in total. The molecule has 3 nitrogen and oxygen atoms in total. The molecule has 0 amide bonds. The molecule has 0 radical (unpaired) electrons. The fraction of sp³-hybridized carbons (Fsp3) is 0.111. The van der Waals surface area contributed by atoms with Gasteiger partial charge in [0.05, 0.1) is 0 Å². The zero-order chi connectivity index (χ0) is 17.5. The van der Waals surface area contributed by atoms with Crippen molar-refractivity contribution in [1.29, 1.82) is 0 Å². The Hall–Kier alpha value is -2.02. The summed E-state index contributed by atoms with van der Waals surface area (Å²) in [6, 6.07) is 15.4. The van der Waals surface area contributed by atoms with Crippen molar-refractivity contribution < 1.29 is 14.6 Å². The Morgan fingerprint density at radius 1 is 1.04 bits per heavy atom. The maximum absolute atomic E-state index is 12.0. The lowest BCUT2D eigenvalue weighted by atomic mass is 10.2. The molecule has 0 saturated heterocycles. The van der Waals surface area contributed by atoms with Crippen LogP contribution in [0.1, 0.15) is 24.2 Å². The Kier molecular flexibility index (Phi) is 6.66. The second kappa shape index (κ2) is 8.73. The number of phenols is 1.